The summed E-state index contributed by atoms with van der Waals surface area (Å²) in [6.45, 7) is 0. The van der Waals surface area contributed by atoms with Gasteiger partial charge in [0.15, 0.2) is 0 Å². The standard InChI is InChI=1S/C18H15O4PS2.K.2H2O/c19-24(20)17-10-6-15(7-11-17)23(14-4-2-1-3-5-14)16-8-12-18(13-9-16)25(21)22;;;/h1-10,12H,11,13H2;;2*1H2. The molecule has 0 aliphatic heterocycles. The topological polar surface area (TPSA) is 131 Å². The number of hydrogen-bond donors (Lipinski definition) is 0. The molecular formula is C18H19KO6PS2. The van der Waals surface area contributed by atoms with Gasteiger partial charge < -0.3 is 11.0 Å². The minimum atomic E-state index is -2.20. The first-order valence-electron chi connectivity index (χ1n) is 7.58. The van der Waals surface area contributed by atoms with Crippen LogP contribution in [0.3, 0.4) is 0 Å². The Kier molecular flexibility index (Phi) is 12.8. The maximum atomic E-state index is 11.1. The van der Waals surface area contributed by atoms with Crippen LogP contribution in [-0.4, -0.2) is 88.9 Å². The summed E-state index contributed by atoms with van der Waals surface area (Å²) < 4.78 is 44.4. The van der Waals surface area contributed by atoms with Crippen molar-refractivity contribution in [2.45, 2.75) is 12.8 Å². The van der Waals surface area contributed by atoms with Gasteiger partial charge in [0.2, 0.25) is 20.6 Å². The van der Waals surface area contributed by atoms with Gasteiger partial charge in [-0.1, -0.05) is 54.6 Å². The van der Waals surface area contributed by atoms with Gasteiger partial charge in [-0.3, -0.25) is 0 Å². The third-order valence-corrected chi connectivity index (χ3v) is 7.84. The van der Waals surface area contributed by atoms with Crippen LogP contribution in [-0.2, 0) is 20.6 Å². The predicted molar refractivity (Wildman–Crippen MR) is 118 cm³/mol. The number of benzene rings is 1. The van der Waals surface area contributed by atoms with E-state index in [1.165, 1.54) is 0 Å². The molecule has 10 heteroatoms. The fourth-order valence-corrected chi connectivity index (χ4v) is 5.80. The van der Waals surface area contributed by atoms with Crippen LogP contribution in [0.4, 0.5) is 0 Å². The summed E-state index contributed by atoms with van der Waals surface area (Å²) in [6.07, 6.45) is 11.7. The van der Waals surface area contributed by atoms with Crippen LogP contribution in [0.1, 0.15) is 12.8 Å². The average molecular weight is 466 g/mol. The van der Waals surface area contributed by atoms with E-state index in [1.807, 2.05) is 54.6 Å². The monoisotopic (exact) mass is 465 g/mol. The van der Waals surface area contributed by atoms with Gasteiger partial charge in [-0.25, -0.2) is 0 Å². The zero-order valence-electron chi connectivity index (χ0n) is 15.2. The van der Waals surface area contributed by atoms with Gasteiger partial charge in [0.05, 0.1) is 9.73 Å². The molecule has 145 valence electrons. The molecule has 1 aromatic carbocycles. The van der Waals surface area contributed by atoms with Crippen LogP contribution >= 0.6 is 7.92 Å². The van der Waals surface area contributed by atoms with Gasteiger partial charge in [-0.2, -0.15) is 16.8 Å². The molecule has 6 nitrogen and oxygen atoms in total. The Morgan fingerprint density at radius 1 is 0.679 bits per heavy atom. The minimum absolute atomic E-state index is 0. The second kappa shape index (κ2) is 13.0. The molecule has 1 aromatic rings. The summed E-state index contributed by atoms with van der Waals surface area (Å²) in [4.78, 5) is 0.745. The molecule has 4 N–H and O–H groups in total. The second-order valence-electron chi connectivity index (χ2n) is 5.41. The molecule has 0 heterocycles. The molecular weight excluding hydrogens is 446 g/mol. The van der Waals surface area contributed by atoms with E-state index in [0.29, 0.717) is 22.6 Å². The van der Waals surface area contributed by atoms with Gasteiger partial charge >= 0.3 is 0 Å². The van der Waals surface area contributed by atoms with Crippen molar-refractivity contribution >= 4 is 94.9 Å². The van der Waals surface area contributed by atoms with E-state index in [2.05, 4.69) is 0 Å². The van der Waals surface area contributed by atoms with Crippen molar-refractivity contribution in [3.05, 3.63) is 77.4 Å². The van der Waals surface area contributed by atoms with Crippen molar-refractivity contribution in [2.24, 2.45) is 0 Å². The SMILES string of the molecule is O.O.O=S(=O)=C1C=CC(P(C2=CCC(=S(=O)=O)C=C2)c2ccccc2)=CC1.[K]. The molecule has 0 atom stereocenters. The predicted octanol–water partition coefficient (Wildman–Crippen LogP) is 0.554. The first-order chi connectivity index (χ1) is 12.1. The Hall–Kier alpha value is -0.454. The maximum Gasteiger partial charge on any atom is 0.217 e. The van der Waals surface area contributed by atoms with Gasteiger partial charge in [-0.15, -0.1) is 0 Å². The summed E-state index contributed by atoms with van der Waals surface area (Å²) in [6, 6.07) is 9.99. The molecule has 0 unspecified atom stereocenters. The van der Waals surface area contributed by atoms with Crippen LogP contribution in [0.25, 0.3) is 0 Å². The van der Waals surface area contributed by atoms with Gasteiger partial charge in [-0.05, 0) is 36.0 Å². The minimum Gasteiger partial charge on any atom is -0.412 e. The van der Waals surface area contributed by atoms with Crippen LogP contribution in [0.2, 0.25) is 0 Å². The molecule has 0 aromatic heterocycles. The summed E-state index contributed by atoms with van der Waals surface area (Å²) in [5.74, 6) is 0. The van der Waals surface area contributed by atoms with Crippen molar-refractivity contribution in [3.8, 4) is 0 Å². The Morgan fingerprint density at radius 2 is 1.11 bits per heavy atom. The van der Waals surface area contributed by atoms with E-state index >= 15 is 0 Å². The quantitative estimate of drug-likeness (QED) is 0.366. The number of hydrogen-bond acceptors (Lipinski definition) is 4. The normalized spacial score (nSPS) is 14.9. The average Bonchev–Trinajstić information content (AvgIpc) is 2.64. The molecule has 0 saturated heterocycles. The zero-order valence-corrected chi connectivity index (χ0v) is 20.8. The third-order valence-electron chi connectivity index (χ3n) is 3.86. The molecule has 0 spiro atoms. The molecule has 0 bridgehead atoms. The van der Waals surface area contributed by atoms with E-state index in [9.17, 15) is 16.8 Å². The third kappa shape index (κ3) is 6.81. The summed E-state index contributed by atoms with van der Waals surface area (Å²) >= 11 is 0. The van der Waals surface area contributed by atoms with E-state index in [-0.39, 0.29) is 62.3 Å². The Morgan fingerprint density at radius 3 is 1.43 bits per heavy atom. The second-order valence-corrected chi connectivity index (χ2v) is 9.61. The van der Waals surface area contributed by atoms with E-state index in [1.54, 1.807) is 12.2 Å². The van der Waals surface area contributed by atoms with E-state index in [4.69, 9.17) is 0 Å². The van der Waals surface area contributed by atoms with Gasteiger partial charge in [0.25, 0.3) is 0 Å². The van der Waals surface area contributed by atoms with Crippen LogP contribution in [0, 0.1) is 0 Å². The molecule has 2 aliphatic rings. The van der Waals surface area contributed by atoms with Crippen LogP contribution < -0.4 is 5.30 Å². The van der Waals surface area contributed by atoms with Crippen LogP contribution in [0.15, 0.2) is 77.4 Å². The molecule has 0 saturated carbocycles. The Balaban J connectivity index is 0.00000243. The number of allylic oxidation sites excluding steroid dienone is 8. The first-order valence-corrected chi connectivity index (χ1v) is 11.1. The molecule has 1 radical (unpaired) electrons. The maximum absolute atomic E-state index is 11.1. The van der Waals surface area contributed by atoms with E-state index < -0.39 is 28.5 Å². The van der Waals surface area contributed by atoms with Crippen molar-refractivity contribution in [2.75, 3.05) is 0 Å². The summed E-state index contributed by atoms with van der Waals surface area (Å²) in [5.41, 5.74) is 0. The molecule has 3 rings (SSSR count). The number of rotatable bonds is 3. The largest absolute Gasteiger partial charge is 0.412 e. The smallest absolute Gasteiger partial charge is 0.217 e. The first kappa shape index (κ1) is 27.5. The van der Waals surface area contributed by atoms with E-state index in [0.717, 1.165) is 15.9 Å². The molecule has 0 amide bonds. The Bertz CT molecular complexity index is 1010. The Labute approximate surface area is 210 Å². The molecule has 0 fully saturated rings. The molecule has 2 aliphatic carbocycles. The van der Waals surface area contributed by atoms with Crippen molar-refractivity contribution in [1.82, 2.24) is 0 Å². The van der Waals surface area contributed by atoms with Gasteiger partial charge in [0, 0.05) is 64.2 Å². The zero-order chi connectivity index (χ0) is 17.8. The molecule has 28 heavy (non-hydrogen) atoms. The fourth-order valence-electron chi connectivity index (χ4n) is 2.64. The summed E-state index contributed by atoms with van der Waals surface area (Å²) in [7, 11) is -5.24. The van der Waals surface area contributed by atoms with Crippen molar-refractivity contribution < 1.29 is 27.8 Å². The van der Waals surface area contributed by atoms with Gasteiger partial charge in [0.1, 0.15) is 0 Å². The van der Waals surface area contributed by atoms with Crippen molar-refractivity contribution in [1.29, 1.82) is 0 Å². The summed E-state index contributed by atoms with van der Waals surface area (Å²) in [5, 5.41) is 3.28. The fraction of sp³-hybridized carbons (Fsp3) is 0.111. The van der Waals surface area contributed by atoms with Crippen LogP contribution in [0.5, 0.6) is 0 Å². The van der Waals surface area contributed by atoms with Crippen molar-refractivity contribution in [3.63, 3.8) is 0 Å².